The van der Waals surface area contributed by atoms with Gasteiger partial charge in [0, 0.05) is 25.0 Å². The second-order valence-corrected chi connectivity index (χ2v) is 10.1. The van der Waals surface area contributed by atoms with Crippen molar-refractivity contribution >= 4 is 10.0 Å². The molecule has 164 valence electrons. The molecule has 3 aromatic rings. The van der Waals surface area contributed by atoms with E-state index in [0.29, 0.717) is 17.3 Å². The molecule has 0 N–H and O–H groups in total. The van der Waals surface area contributed by atoms with Gasteiger partial charge >= 0.3 is 0 Å². The fourth-order valence-corrected chi connectivity index (χ4v) is 5.83. The van der Waals surface area contributed by atoms with Gasteiger partial charge in [0.2, 0.25) is 10.0 Å². The minimum Gasteiger partial charge on any atom is -0.329 e. The van der Waals surface area contributed by atoms with E-state index in [2.05, 4.69) is 4.98 Å². The zero-order valence-corrected chi connectivity index (χ0v) is 18.6. The van der Waals surface area contributed by atoms with Crippen LogP contribution in [0, 0.1) is 12.7 Å². The standard InChI is InChI=1S/C24H28FN3O2S/c1-19-7-13-23(14-8-19)31(29,30)28(22-5-3-2-4-6-22)18-24-26-15-16-27(24)17-20-9-11-21(25)12-10-20/h7-16,22H,2-6,17-18H2,1H3. The van der Waals surface area contributed by atoms with Crippen LogP contribution in [-0.2, 0) is 23.1 Å². The molecular formula is C24H28FN3O2S. The number of rotatable bonds is 7. The lowest BCUT2D eigenvalue weighted by Gasteiger charge is -2.33. The highest BCUT2D eigenvalue weighted by molar-refractivity contribution is 7.89. The maximum atomic E-state index is 13.6. The van der Waals surface area contributed by atoms with Gasteiger partial charge in [0.25, 0.3) is 0 Å². The third kappa shape index (κ3) is 5.05. The predicted octanol–water partition coefficient (Wildman–Crippen LogP) is 4.90. The first-order chi connectivity index (χ1) is 14.9. The second-order valence-electron chi connectivity index (χ2n) is 8.25. The summed E-state index contributed by atoms with van der Waals surface area (Å²) in [6.45, 7) is 2.68. The first kappa shape index (κ1) is 21.7. The Morgan fingerprint density at radius 2 is 1.71 bits per heavy atom. The van der Waals surface area contributed by atoms with Crippen molar-refractivity contribution in [1.82, 2.24) is 13.9 Å². The van der Waals surface area contributed by atoms with Gasteiger partial charge in [-0.3, -0.25) is 0 Å². The summed E-state index contributed by atoms with van der Waals surface area (Å²) in [4.78, 5) is 4.79. The molecule has 1 aromatic heterocycles. The molecule has 0 atom stereocenters. The molecule has 0 saturated heterocycles. The minimum atomic E-state index is -3.66. The molecule has 4 rings (SSSR count). The van der Waals surface area contributed by atoms with E-state index in [1.54, 1.807) is 34.8 Å². The van der Waals surface area contributed by atoms with Gasteiger partial charge in [0.05, 0.1) is 11.4 Å². The van der Waals surface area contributed by atoms with E-state index in [1.807, 2.05) is 29.8 Å². The fraction of sp³-hybridized carbons (Fsp3) is 0.375. The van der Waals surface area contributed by atoms with Crippen LogP contribution in [0.15, 0.2) is 65.8 Å². The summed E-state index contributed by atoms with van der Waals surface area (Å²) < 4.78 is 44.1. The van der Waals surface area contributed by atoms with Crippen LogP contribution in [0.2, 0.25) is 0 Å². The van der Waals surface area contributed by atoms with Crippen molar-refractivity contribution in [3.05, 3.63) is 83.7 Å². The summed E-state index contributed by atoms with van der Waals surface area (Å²) in [5.74, 6) is 0.410. The highest BCUT2D eigenvalue weighted by Gasteiger charge is 2.33. The first-order valence-corrected chi connectivity index (χ1v) is 12.2. The molecule has 0 bridgehead atoms. The van der Waals surface area contributed by atoms with Crippen LogP contribution in [0.5, 0.6) is 0 Å². The molecule has 1 aliphatic carbocycles. The normalized spacial score (nSPS) is 15.5. The van der Waals surface area contributed by atoms with Crippen molar-refractivity contribution < 1.29 is 12.8 Å². The third-order valence-electron chi connectivity index (χ3n) is 5.97. The van der Waals surface area contributed by atoms with Crippen LogP contribution < -0.4 is 0 Å². The topological polar surface area (TPSA) is 55.2 Å². The van der Waals surface area contributed by atoms with E-state index in [0.717, 1.165) is 43.2 Å². The average Bonchev–Trinajstić information content (AvgIpc) is 3.21. The summed E-state index contributed by atoms with van der Waals surface area (Å²) in [5, 5.41) is 0. The van der Waals surface area contributed by atoms with Crippen molar-refractivity contribution in [3.8, 4) is 0 Å². The van der Waals surface area contributed by atoms with Crippen LogP contribution in [-0.4, -0.2) is 28.3 Å². The third-order valence-corrected chi connectivity index (χ3v) is 7.89. The van der Waals surface area contributed by atoms with Gasteiger partial charge in [0.1, 0.15) is 11.6 Å². The molecule has 7 heteroatoms. The van der Waals surface area contributed by atoms with E-state index in [1.165, 1.54) is 12.1 Å². The van der Waals surface area contributed by atoms with E-state index >= 15 is 0 Å². The molecule has 31 heavy (non-hydrogen) atoms. The minimum absolute atomic E-state index is 0.0315. The molecule has 1 heterocycles. The number of sulfonamides is 1. The first-order valence-electron chi connectivity index (χ1n) is 10.8. The average molecular weight is 442 g/mol. The predicted molar refractivity (Wildman–Crippen MR) is 119 cm³/mol. The summed E-state index contributed by atoms with van der Waals surface area (Å²) in [6.07, 6.45) is 8.48. The number of aryl methyl sites for hydroxylation is 1. The summed E-state index contributed by atoms with van der Waals surface area (Å²) in [5.41, 5.74) is 1.96. The van der Waals surface area contributed by atoms with Crippen LogP contribution in [0.3, 0.4) is 0 Å². The van der Waals surface area contributed by atoms with Crippen LogP contribution in [0.1, 0.15) is 49.1 Å². The van der Waals surface area contributed by atoms with Crippen molar-refractivity contribution in [2.75, 3.05) is 0 Å². The Hall–Kier alpha value is -2.51. The number of benzene rings is 2. The number of aromatic nitrogens is 2. The maximum Gasteiger partial charge on any atom is 0.243 e. The molecule has 1 aliphatic rings. The lowest BCUT2D eigenvalue weighted by molar-refractivity contribution is 0.242. The Morgan fingerprint density at radius 3 is 2.39 bits per heavy atom. The summed E-state index contributed by atoms with van der Waals surface area (Å²) >= 11 is 0. The number of nitrogens with zero attached hydrogens (tertiary/aromatic N) is 3. The largest absolute Gasteiger partial charge is 0.329 e. The van der Waals surface area contributed by atoms with Gasteiger partial charge in [0.15, 0.2) is 0 Å². The molecule has 0 aliphatic heterocycles. The summed E-state index contributed by atoms with van der Waals surface area (Å²) in [7, 11) is -3.66. The van der Waals surface area contributed by atoms with Crippen molar-refractivity contribution in [1.29, 1.82) is 0 Å². The highest BCUT2D eigenvalue weighted by Crippen LogP contribution is 2.29. The van der Waals surface area contributed by atoms with E-state index in [4.69, 9.17) is 0 Å². The number of hydrogen-bond acceptors (Lipinski definition) is 3. The monoisotopic (exact) mass is 441 g/mol. The quantitative estimate of drug-likeness (QED) is 0.524. The lowest BCUT2D eigenvalue weighted by Crippen LogP contribution is -2.41. The smallest absolute Gasteiger partial charge is 0.243 e. The van der Waals surface area contributed by atoms with E-state index in [-0.39, 0.29) is 18.4 Å². The SMILES string of the molecule is Cc1ccc(S(=O)(=O)N(Cc2nccn2Cc2ccc(F)cc2)C2CCCCC2)cc1. The number of hydrogen-bond donors (Lipinski definition) is 0. The fourth-order valence-electron chi connectivity index (χ4n) is 4.19. The molecule has 0 spiro atoms. The van der Waals surface area contributed by atoms with Gasteiger partial charge in [-0.25, -0.2) is 17.8 Å². The van der Waals surface area contributed by atoms with Crippen molar-refractivity contribution in [3.63, 3.8) is 0 Å². The van der Waals surface area contributed by atoms with Gasteiger partial charge in [-0.05, 0) is 49.6 Å². The van der Waals surface area contributed by atoms with E-state index < -0.39 is 10.0 Å². The molecule has 2 aromatic carbocycles. The molecule has 0 unspecified atom stereocenters. The zero-order valence-electron chi connectivity index (χ0n) is 17.7. The van der Waals surface area contributed by atoms with Crippen molar-refractivity contribution in [2.24, 2.45) is 0 Å². The Kier molecular flexibility index (Phi) is 6.53. The Morgan fingerprint density at radius 1 is 1.03 bits per heavy atom. The zero-order chi connectivity index (χ0) is 21.8. The number of imidazole rings is 1. The van der Waals surface area contributed by atoms with Gasteiger partial charge < -0.3 is 4.57 Å². The molecule has 0 amide bonds. The van der Waals surface area contributed by atoms with E-state index in [9.17, 15) is 12.8 Å². The van der Waals surface area contributed by atoms with Crippen LogP contribution in [0.4, 0.5) is 4.39 Å². The number of halogens is 1. The molecule has 1 fully saturated rings. The highest BCUT2D eigenvalue weighted by atomic mass is 32.2. The Labute approximate surface area is 183 Å². The Bertz CT molecular complexity index is 1100. The van der Waals surface area contributed by atoms with Gasteiger partial charge in [-0.1, -0.05) is 49.1 Å². The lowest BCUT2D eigenvalue weighted by atomic mass is 9.95. The van der Waals surface area contributed by atoms with Crippen LogP contribution in [0.25, 0.3) is 0 Å². The van der Waals surface area contributed by atoms with Gasteiger partial charge in [-0.2, -0.15) is 4.31 Å². The van der Waals surface area contributed by atoms with Crippen LogP contribution >= 0.6 is 0 Å². The molecular weight excluding hydrogens is 413 g/mol. The molecule has 0 radical (unpaired) electrons. The Balaban J connectivity index is 1.63. The maximum absolute atomic E-state index is 13.6. The second kappa shape index (κ2) is 9.32. The molecule has 1 saturated carbocycles. The van der Waals surface area contributed by atoms with Gasteiger partial charge in [-0.15, -0.1) is 0 Å². The van der Waals surface area contributed by atoms with Crippen molar-refractivity contribution in [2.45, 2.75) is 63.1 Å². The summed E-state index contributed by atoms with van der Waals surface area (Å²) in [6, 6.07) is 13.3. The molecule has 5 nitrogen and oxygen atoms in total.